The standard InChI is InChI=1S/C13H21NO3/c1-6-9-8-13(9,10(15)7-2)14-11(16)17-12(3,4)5/h6,9H,1,7-8H2,2-5H3,(H,14,16)/t9-,13+/m0/s1. The Bertz CT molecular complexity index is 343. The first-order valence-corrected chi connectivity index (χ1v) is 5.92. The molecule has 1 N–H and O–H groups in total. The molecule has 1 aliphatic carbocycles. The van der Waals surface area contributed by atoms with Gasteiger partial charge in [-0.25, -0.2) is 4.79 Å². The molecule has 0 saturated heterocycles. The number of ether oxygens (including phenoxy) is 1. The molecule has 1 fully saturated rings. The van der Waals surface area contributed by atoms with Gasteiger partial charge < -0.3 is 10.1 Å². The Morgan fingerprint density at radius 3 is 2.47 bits per heavy atom. The summed E-state index contributed by atoms with van der Waals surface area (Å²) in [6, 6.07) is 0. The second-order valence-corrected chi connectivity index (χ2v) is 5.42. The molecule has 1 amide bonds. The van der Waals surface area contributed by atoms with Crippen molar-refractivity contribution in [1.29, 1.82) is 0 Å². The van der Waals surface area contributed by atoms with Crippen molar-refractivity contribution in [3.63, 3.8) is 0 Å². The summed E-state index contributed by atoms with van der Waals surface area (Å²) in [6.45, 7) is 10.8. The van der Waals surface area contributed by atoms with Crippen LogP contribution in [0.3, 0.4) is 0 Å². The normalized spacial score (nSPS) is 27.2. The van der Waals surface area contributed by atoms with Crippen molar-refractivity contribution in [3.05, 3.63) is 12.7 Å². The third-order valence-electron chi connectivity index (χ3n) is 2.84. The maximum atomic E-state index is 11.8. The SMILES string of the molecule is C=C[C@H]1C[C@]1(NC(=O)OC(C)(C)C)C(=O)CC. The number of alkyl carbamates (subject to hydrolysis) is 1. The van der Waals surface area contributed by atoms with Crippen LogP contribution in [0.5, 0.6) is 0 Å². The Balaban J connectivity index is 2.68. The first-order valence-electron chi connectivity index (χ1n) is 5.92. The predicted molar refractivity (Wildman–Crippen MR) is 65.7 cm³/mol. The van der Waals surface area contributed by atoms with Crippen LogP contribution in [0, 0.1) is 5.92 Å². The van der Waals surface area contributed by atoms with Crippen molar-refractivity contribution in [2.75, 3.05) is 0 Å². The van der Waals surface area contributed by atoms with Gasteiger partial charge in [-0.2, -0.15) is 0 Å². The Morgan fingerprint density at radius 2 is 2.12 bits per heavy atom. The number of Topliss-reactive ketones (excluding diaryl/α,β-unsaturated/α-hetero) is 1. The molecule has 2 atom stereocenters. The highest BCUT2D eigenvalue weighted by molar-refractivity contribution is 5.95. The van der Waals surface area contributed by atoms with Crippen LogP contribution < -0.4 is 5.32 Å². The molecule has 17 heavy (non-hydrogen) atoms. The van der Waals surface area contributed by atoms with Crippen molar-refractivity contribution in [3.8, 4) is 0 Å². The zero-order valence-corrected chi connectivity index (χ0v) is 11.0. The van der Waals surface area contributed by atoms with Gasteiger partial charge in [-0.05, 0) is 27.2 Å². The van der Waals surface area contributed by atoms with E-state index in [0.29, 0.717) is 12.8 Å². The van der Waals surface area contributed by atoms with E-state index in [1.807, 2.05) is 0 Å². The van der Waals surface area contributed by atoms with E-state index >= 15 is 0 Å². The number of amides is 1. The molecule has 0 aromatic rings. The van der Waals surface area contributed by atoms with Gasteiger partial charge in [0.05, 0.1) is 0 Å². The topological polar surface area (TPSA) is 55.4 Å². The summed E-state index contributed by atoms with van der Waals surface area (Å²) in [4.78, 5) is 23.5. The van der Waals surface area contributed by atoms with E-state index in [2.05, 4.69) is 11.9 Å². The molecule has 0 aliphatic heterocycles. The molecule has 1 saturated carbocycles. The highest BCUT2D eigenvalue weighted by Crippen LogP contribution is 2.45. The number of hydrogen-bond acceptors (Lipinski definition) is 3. The van der Waals surface area contributed by atoms with Crippen LogP contribution in [0.4, 0.5) is 4.79 Å². The van der Waals surface area contributed by atoms with Crippen LogP contribution in [-0.2, 0) is 9.53 Å². The van der Waals surface area contributed by atoms with Crippen LogP contribution in [0.2, 0.25) is 0 Å². The van der Waals surface area contributed by atoms with E-state index < -0.39 is 17.2 Å². The van der Waals surface area contributed by atoms with Gasteiger partial charge in [-0.15, -0.1) is 6.58 Å². The van der Waals surface area contributed by atoms with Crippen LogP contribution in [0.1, 0.15) is 40.5 Å². The van der Waals surface area contributed by atoms with Crippen molar-refractivity contribution < 1.29 is 14.3 Å². The Labute approximate surface area is 102 Å². The maximum absolute atomic E-state index is 11.8. The van der Waals surface area contributed by atoms with Crippen molar-refractivity contribution in [1.82, 2.24) is 5.32 Å². The summed E-state index contributed by atoms with van der Waals surface area (Å²) < 4.78 is 5.16. The molecule has 4 nitrogen and oxygen atoms in total. The lowest BCUT2D eigenvalue weighted by atomic mass is 10.1. The second kappa shape index (κ2) is 4.51. The Kier molecular flexibility index (Phi) is 3.65. The number of nitrogens with one attached hydrogen (secondary N) is 1. The summed E-state index contributed by atoms with van der Waals surface area (Å²) in [5, 5.41) is 2.69. The largest absolute Gasteiger partial charge is 0.444 e. The molecule has 1 rings (SSSR count). The van der Waals surface area contributed by atoms with E-state index in [1.54, 1.807) is 33.8 Å². The monoisotopic (exact) mass is 239 g/mol. The average Bonchev–Trinajstić information content (AvgIpc) is 2.88. The van der Waals surface area contributed by atoms with E-state index in [0.717, 1.165) is 0 Å². The average molecular weight is 239 g/mol. The molecule has 0 radical (unpaired) electrons. The minimum absolute atomic E-state index is 0.0301. The molecule has 1 aliphatic rings. The highest BCUT2D eigenvalue weighted by Gasteiger charge is 2.58. The third kappa shape index (κ3) is 3.08. The fraction of sp³-hybridized carbons (Fsp3) is 0.692. The first kappa shape index (κ1) is 13.7. The van der Waals surface area contributed by atoms with Crippen LogP contribution in [0.15, 0.2) is 12.7 Å². The van der Waals surface area contributed by atoms with Gasteiger partial charge in [0.2, 0.25) is 0 Å². The quantitative estimate of drug-likeness (QED) is 0.766. The molecule has 0 unspecified atom stereocenters. The highest BCUT2D eigenvalue weighted by atomic mass is 16.6. The van der Waals surface area contributed by atoms with E-state index in [9.17, 15) is 9.59 Å². The van der Waals surface area contributed by atoms with Gasteiger partial charge in [0, 0.05) is 12.3 Å². The van der Waals surface area contributed by atoms with Gasteiger partial charge in [-0.1, -0.05) is 13.0 Å². The number of hydrogen-bond donors (Lipinski definition) is 1. The van der Waals surface area contributed by atoms with Gasteiger partial charge in [0.25, 0.3) is 0 Å². The Hall–Kier alpha value is -1.32. The minimum atomic E-state index is -0.765. The number of carbonyl (C=O) groups excluding carboxylic acids is 2. The molecule has 4 heteroatoms. The summed E-state index contributed by atoms with van der Waals surface area (Å²) in [7, 11) is 0. The molecule has 0 heterocycles. The van der Waals surface area contributed by atoms with E-state index in [1.165, 1.54) is 0 Å². The first-order chi connectivity index (χ1) is 7.75. The number of ketones is 1. The number of carbonyl (C=O) groups is 2. The van der Waals surface area contributed by atoms with E-state index in [4.69, 9.17) is 4.74 Å². The van der Waals surface area contributed by atoms with Crippen molar-refractivity contribution in [2.24, 2.45) is 5.92 Å². The maximum Gasteiger partial charge on any atom is 0.408 e. The third-order valence-corrected chi connectivity index (χ3v) is 2.84. The lowest BCUT2D eigenvalue weighted by Crippen LogP contribution is -2.46. The Morgan fingerprint density at radius 1 is 1.53 bits per heavy atom. The minimum Gasteiger partial charge on any atom is -0.444 e. The molecule has 96 valence electrons. The summed E-state index contributed by atoms with van der Waals surface area (Å²) in [5.41, 5.74) is -1.32. The summed E-state index contributed by atoms with van der Waals surface area (Å²) in [6.07, 6.45) is 2.21. The van der Waals surface area contributed by atoms with E-state index in [-0.39, 0.29) is 11.7 Å². The van der Waals surface area contributed by atoms with Gasteiger partial charge in [0.15, 0.2) is 5.78 Å². The van der Waals surface area contributed by atoms with Gasteiger partial charge in [0.1, 0.15) is 11.1 Å². The van der Waals surface area contributed by atoms with Crippen molar-refractivity contribution in [2.45, 2.75) is 51.7 Å². The van der Waals surface area contributed by atoms with Gasteiger partial charge in [-0.3, -0.25) is 4.79 Å². The summed E-state index contributed by atoms with van der Waals surface area (Å²) in [5.74, 6) is 0.0655. The fourth-order valence-corrected chi connectivity index (χ4v) is 1.91. The van der Waals surface area contributed by atoms with Gasteiger partial charge >= 0.3 is 6.09 Å². The zero-order chi connectivity index (χ0) is 13.3. The molecular weight excluding hydrogens is 218 g/mol. The predicted octanol–water partition coefficient (Wildman–Crippen LogP) is 2.43. The number of rotatable bonds is 4. The van der Waals surface area contributed by atoms with Crippen LogP contribution in [-0.4, -0.2) is 23.0 Å². The molecular formula is C13H21NO3. The lowest BCUT2D eigenvalue weighted by molar-refractivity contribution is -0.122. The van der Waals surface area contributed by atoms with Crippen LogP contribution in [0.25, 0.3) is 0 Å². The van der Waals surface area contributed by atoms with Crippen LogP contribution >= 0.6 is 0 Å². The fourth-order valence-electron chi connectivity index (χ4n) is 1.91. The molecule has 0 bridgehead atoms. The molecule has 0 spiro atoms. The molecule has 0 aromatic heterocycles. The second-order valence-electron chi connectivity index (χ2n) is 5.42. The van der Waals surface area contributed by atoms with Crippen molar-refractivity contribution >= 4 is 11.9 Å². The lowest BCUT2D eigenvalue weighted by Gasteiger charge is -2.23. The zero-order valence-electron chi connectivity index (χ0n) is 11.0. The smallest absolute Gasteiger partial charge is 0.408 e. The molecule has 0 aromatic carbocycles. The summed E-state index contributed by atoms with van der Waals surface area (Å²) >= 11 is 0.